The predicted octanol–water partition coefficient (Wildman–Crippen LogP) is 16.5. The molecule has 0 saturated carbocycles. The van der Waals surface area contributed by atoms with Gasteiger partial charge in [0.2, 0.25) is 0 Å². The first kappa shape index (κ1) is 36.6. The van der Waals surface area contributed by atoms with E-state index in [2.05, 4.69) is 241 Å². The Hall–Kier alpha value is -8.00. The molecule has 0 amide bonds. The van der Waals surface area contributed by atoms with Gasteiger partial charge >= 0.3 is 0 Å². The first-order chi connectivity index (χ1) is 31.8. The molecule has 2 aliphatic carbocycles. The fourth-order valence-corrected chi connectivity index (χ4v) is 11.4. The van der Waals surface area contributed by atoms with E-state index in [1.165, 1.54) is 110 Å². The number of nitrogens with zero attached hydrogens (tertiary/aromatic N) is 1. The van der Waals surface area contributed by atoms with Gasteiger partial charge in [-0.3, -0.25) is 0 Å². The topological polar surface area (TPSA) is 4.93 Å². The lowest BCUT2D eigenvalue weighted by Crippen LogP contribution is -2.28. The van der Waals surface area contributed by atoms with Gasteiger partial charge in [-0.1, -0.05) is 200 Å². The second-order valence-corrected chi connectivity index (χ2v) is 17.5. The summed E-state index contributed by atoms with van der Waals surface area (Å²) < 4.78 is 2.44. The van der Waals surface area contributed by atoms with Crippen LogP contribution in [-0.4, -0.2) is 4.57 Å². The van der Waals surface area contributed by atoms with Crippen molar-refractivity contribution in [2.75, 3.05) is 0 Å². The largest absolute Gasteiger partial charge is 0.309 e. The van der Waals surface area contributed by atoms with E-state index < -0.39 is 0 Å². The van der Waals surface area contributed by atoms with Crippen LogP contribution in [-0.2, 0) is 11.8 Å². The van der Waals surface area contributed by atoms with E-state index >= 15 is 0 Å². The predicted molar refractivity (Wildman–Crippen MR) is 270 cm³/mol. The average Bonchev–Trinajstić information content (AvgIpc) is 3.87. The van der Waals surface area contributed by atoms with Gasteiger partial charge in [-0.25, -0.2) is 0 Å². The molecule has 0 radical (unpaired) electrons. The summed E-state index contributed by atoms with van der Waals surface area (Å²) in [4.78, 5) is 0. The molecule has 0 aliphatic heterocycles. The van der Waals surface area contributed by atoms with Gasteiger partial charge in [0, 0.05) is 16.5 Å². The van der Waals surface area contributed by atoms with E-state index in [4.69, 9.17) is 0 Å². The maximum atomic E-state index is 2.51. The van der Waals surface area contributed by atoms with Crippen molar-refractivity contribution >= 4 is 43.4 Å². The Balaban J connectivity index is 0.950. The molecule has 1 spiro atoms. The number of aromatic nitrogens is 1. The lowest BCUT2D eigenvalue weighted by atomic mass is 9.68. The Morgan fingerprint density at radius 1 is 0.344 bits per heavy atom. The molecular formula is C63H43N. The van der Waals surface area contributed by atoms with Crippen LogP contribution >= 0.6 is 0 Å². The van der Waals surface area contributed by atoms with E-state index in [-0.39, 0.29) is 5.41 Å². The molecule has 1 aromatic heterocycles. The van der Waals surface area contributed by atoms with Crippen molar-refractivity contribution < 1.29 is 0 Å². The van der Waals surface area contributed by atoms with Crippen LogP contribution in [0.25, 0.3) is 93.5 Å². The number of benzene rings is 10. The molecule has 0 bridgehead atoms. The van der Waals surface area contributed by atoms with Crippen LogP contribution < -0.4 is 0 Å². The van der Waals surface area contributed by atoms with Crippen molar-refractivity contribution in [1.29, 1.82) is 0 Å². The minimum Gasteiger partial charge on any atom is -0.309 e. The zero-order valence-corrected chi connectivity index (χ0v) is 35.4. The number of rotatable bonds is 4. The Kier molecular flexibility index (Phi) is 8.33. The van der Waals surface area contributed by atoms with Crippen LogP contribution in [0, 0.1) is 0 Å². The molecule has 13 rings (SSSR count). The number of allylic oxidation sites excluding steroid dienone is 4. The minimum atomic E-state index is -0.282. The van der Waals surface area contributed by atoms with Crippen LogP contribution in [0.1, 0.15) is 28.7 Å². The van der Waals surface area contributed by atoms with Crippen LogP contribution in [0.4, 0.5) is 0 Å². The number of hydrogen-bond donors (Lipinski definition) is 0. The SMILES string of the molecule is C1=C\Cc2ccc(-c3ccc4c(c3)c3ccccc3n4-c3ccc(-c4c5ccccc5c(-c5ccccc5)c5ccccc45)cc3)cc2C2(C\C=C/1)c1ccccc1-c1ccccc12. The number of fused-ring (bicyclic) bond motifs is 12. The molecule has 11 aromatic rings. The molecule has 0 atom stereocenters. The van der Waals surface area contributed by atoms with Gasteiger partial charge in [-0.05, 0) is 138 Å². The van der Waals surface area contributed by atoms with Crippen LogP contribution in [0.2, 0.25) is 0 Å². The highest BCUT2D eigenvalue weighted by Crippen LogP contribution is 2.56. The van der Waals surface area contributed by atoms with Gasteiger partial charge in [-0.15, -0.1) is 0 Å². The summed E-state index contributed by atoms with van der Waals surface area (Å²) in [6.07, 6.45) is 10.9. The Morgan fingerprint density at radius 3 is 1.52 bits per heavy atom. The fourth-order valence-electron chi connectivity index (χ4n) is 11.4. The highest BCUT2D eigenvalue weighted by atomic mass is 15.0. The molecule has 300 valence electrons. The summed E-state index contributed by atoms with van der Waals surface area (Å²) in [5, 5.41) is 7.58. The molecule has 0 saturated heterocycles. The standard InChI is InChI=1S/C63H43N/c1-2-17-39-63(56-28-14-11-21-48(56)49-22-12-15-29-57(49)63)58-41-46(32-31-42(58)18-4-1)45-35-38-60-55(40-45)50-23-13-16-30-59(50)64(60)47-36-33-44(34-37-47)62-53-26-9-7-24-51(53)61(43-19-5-3-6-20-43)52-25-8-10-27-54(52)62/h1-17,19-38,40-41H,18,39H2/b4-1-,17-2-. The lowest BCUT2D eigenvalue weighted by Gasteiger charge is -2.34. The van der Waals surface area contributed by atoms with Crippen LogP contribution in [0.5, 0.6) is 0 Å². The second kappa shape index (κ2) is 14.5. The quantitative estimate of drug-likeness (QED) is 0.156. The summed E-state index contributed by atoms with van der Waals surface area (Å²) in [6.45, 7) is 0. The van der Waals surface area contributed by atoms with E-state index in [1.807, 2.05) is 0 Å². The molecule has 64 heavy (non-hydrogen) atoms. The molecule has 0 fully saturated rings. The van der Waals surface area contributed by atoms with Crippen molar-refractivity contribution in [3.63, 3.8) is 0 Å². The third-order valence-electron chi connectivity index (χ3n) is 14.2. The number of para-hydroxylation sites is 1. The smallest absolute Gasteiger partial charge is 0.0541 e. The number of hydrogen-bond acceptors (Lipinski definition) is 0. The molecule has 1 heterocycles. The molecular weight excluding hydrogens is 771 g/mol. The zero-order valence-electron chi connectivity index (χ0n) is 35.4. The Labute approximate surface area is 373 Å². The Bertz CT molecular complexity index is 3610. The maximum absolute atomic E-state index is 2.51. The van der Waals surface area contributed by atoms with Gasteiger partial charge in [0.05, 0.1) is 16.4 Å². The second-order valence-electron chi connectivity index (χ2n) is 17.5. The van der Waals surface area contributed by atoms with Gasteiger partial charge in [0.15, 0.2) is 0 Å². The lowest BCUT2D eigenvalue weighted by molar-refractivity contribution is 0.639. The normalized spacial score (nSPS) is 14.8. The minimum absolute atomic E-state index is 0.282. The van der Waals surface area contributed by atoms with E-state index in [1.54, 1.807) is 0 Å². The van der Waals surface area contributed by atoms with Crippen molar-refractivity contribution in [2.45, 2.75) is 18.3 Å². The van der Waals surface area contributed by atoms with Crippen molar-refractivity contribution in [2.24, 2.45) is 0 Å². The summed E-state index contributed by atoms with van der Waals surface area (Å²) >= 11 is 0. The maximum Gasteiger partial charge on any atom is 0.0541 e. The average molecular weight is 814 g/mol. The molecule has 1 nitrogen and oxygen atoms in total. The summed E-state index contributed by atoms with van der Waals surface area (Å²) in [7, 11) is 0. The van der Waals surface area contributed by atoms with Gasteiger partial charge < -0.3 is 4.57 Å². The van der Waals surface area contributed by atoms with Crippen LogP contribution in [0.3, 0.4) is 0 Å². The summed E-state index contributed by atoms with van der Waals surface area (Å²) in [5.74, 6) is 0. The fraction of sp³-hybridized carbons (Fsp3) is 0.0476. The van der Waals surface area contributed by atoms with E-state index in [0.717, 1.165) is 18.5 Å². The third-order valence-corrected chi connectivity index (χ3v) is 14.2. The van der Waals surface area contributed by atoms with Gasteiger partial charge in [0.1, 0.15) is 0 Å². The first-order valence-electron chi connectivity index (χ1n) is 22.5. The van der Waals surface area contributed by atoms with Crippen molar-refractivity contribution in [3.05, 3.63) is 259 Å². The zero-order chi connectivity index (χ0) is 42.2. The summed E-state index contributed by atoms with van der Waals surface area (Å²) in [5.41, 5.74) is 19.0. The molecule has 1 heteroatoms. The van der Waals surface area contributed by atoms with Gasteiger partial charge in [-0.2, -0.15) is 0 Å². The highest BCUT2D eigenvalue weighted by Gasteiger charge is 2.44. The molecule has 10 aromatic carbocycles. The van der Waals surface area contributed by atoms with E-state index in [9.17, 15) is 0 Å². The van der Waals surface area contributed by atoms with Gasteiger partial charge in [0.25, 0.3) is 0 Å². The van der Waals surface area contributed by atoms with E-state index in [0.29, 0.717) is 0 Å². The molecule has 2 aliphatic rings. The highest BCUT2D eigenvalue weighted by molar-refractivity contribution is 6.21. The Morgan fingerprint density at radius 2 is 0.844 bits per heavy atom. The van der Waals surface area contributed by atoms with Crippen molar-refractivity contribution in [1.82, 2.24) is 4.57 Å². The summed E-state index contributed by atoms with van der Waals surface area (Å²) in [6, 6.07) is 79.3. The van der Waals surface area contributed by atoms with Crippen molar-refractivity contribution in [3.8, 4) is 50.2 Å². The first-order valence-corrected chi connectivity index (χ1v) is 22.5. The molecule has 0 unspecified atom stereocenters. The molecule has 0 N–H and O–H groups in total. The third kappa shape index (κ3) is 5.44. The van der Waals surface area contributed by atoms with Crippen LogP contribution in [0.15, 0.2) is 237 Å². The monoisotopic (exact) mass is 813 g/mol.